The van der Waals surface area contributed by atoms with Crippen LogP contribution in [0.1, 0.15) is 27.3 Å². The van der Waals surface area contributed by atoms with Crippen LogP contribution in [0.4, 0.5) is 5.82 Å². The van der Waals surface area contributed by atoms with Crippen molar-refractivity contribution in [1.29, 1.82) is 0 Å². The lowest BCUT2D eigenvalue weighted by Crippen LogP contribution is -2.15. The van der Waals surface area contributed by atoms with Gasteiger partial charge in [-0.3, -0.25) is 4.79 Å². The molecule has 7 heteroatoms. The van der Waals surface area contributed by atoms with Crippen molar-refractivity contribution in [3.8, 4) is 0 Å². The fraction of sp³-hybridized carbons (Fsp3) is 0.286. The van der Waals surface area contributed by atoms with Gasteiger partial charge in [-0.25, -0.2) is 4.57 Å². The van der Waals surface area contributed by atoms with Gasteiger partial charge in [-0.1, -0.05) is 17.7 Å². The number of hydrogen-bond acceptors (Lipinski definition) is 4. The monoisotopic (exact) mass is 351 g/mol. The van der Waals surface area contributed by atoms with Gasteiger partial charge in [0.05, 0.1) is 0 Å². The average Bonchev–Trinajstić information content (AvgIpc) is 2.67. The molecule has 6 nitrogen and oxygen atoms in total. The van der Waals surface area contributed by atoms with Crippen molar-refractivity contribution >= 4 is 27.5 Å². The minimum Gasteiger partial charge on any atom is -0.358 e. The number of aromatic nitrogens is 2. The number of ketones is 1. The summed E-state index contributed by atoms with van der Waals surface area (Å²) in [6, 6.07) is 5.59. The molecule has 0 atom stereocenters. The number of hydrogen-bond donors (Lipinski definition) is 0. The van der Waals surface area contributed by atoms with Gasteiger partial charge in [-0.15, -0.1) is 0 Å². The quantitative estimate of drug-likeness (QED) is 0.480. The molecule has 0 amide bonds. The highest BCUT2D eigenvalue weighted by molar-refractivity contribution is 9.10. The molecule has 21 heavy (non-hydrogen) atoms. The van der Waals surface area contributed by atoms with E-state index in [2.05, 4.69) is 20.9 Å². The second-order valence-corrected chi connectivity index (χ2v) is 5.61. The van der Waals surface area contributed by atoms with Gasteiger partial charge in [0.1, 0.15) is 0 Å². The van der Waals surface area contributed by atoms with Crippen LogP contribution in [-0.2, 0) is 6.54 Å². The van der Waals surface area contributed by atoms with E-state index in [1.165, 1.54) is 4.57 Å². The number of nitro groups is 1. The molecule has 0 aliphatic rings. The zero-order valence-corrected chi connectivity index (χ0v) is 13.5. The summed E-state index contributed by atoms with van der Waals surface area (Å²) in [5, 5.41) is 11.1. The highest BCUT2D eigenvalue weighted by Crippen LogP contribution is 2.26. The number of carbonyl (C=O) groups excluding carboxylic acids is 1. The summed E-state index contributed by atoms with van der Waals surface area (Å²) in [7, 11) is 0. The summed E-state index contributed by atoms with van der Waals surface area (Å²) in [5.74, 6) is 0.0469. The fourth-order valence-corrected chi connectivity index (χ4v) is 2.76. The second kappa shape index (κ2) is 5.77. The molecular formula is C14H14BrN3O3. The normalized spacial score (nSPS) is 10.7. The molecule has 110 valence electrons. The maximum Gasteiger partial charge on any atom is 0.357 e. The third-order valence-electron chi connectivity index (χ3n) is 3.26. The van der Waals surface area contributed by atoms with E-state index in [-0.39, 0.29) is 22.7 Å². The van der Waals surface area contributed by atoms with Gasteiger partial charge in [-0.2, -0.15) is 4.98 Å². The summed E-state index contributed by atoms with van der Waals surface area (Å²) >= 11 is 3.06. The first-order valence-electron chi connectivity index (χ1n) is 6.28. The van der Waals surface area contributed by atoms with Crippen molar-refractivity contribution in [2.75, 3.05) is 0 Å². The van der Waals surface area contributed by atoms with Crippen molar-refractivity contribution in [1.82, 2.24) is 9.55 Å². The van der Waals surface area contributed by atoms with Crippen LogP contribution in [0.2, 0.25) is 0 Å². The minimum absolute atomic E-state index is 0.106. The highest BCUT2D eigenvalue weighted by Gasteiger charge is 2.26. The van der Waals surface area contributed by atoms with E-state index in [4.69, 9.17) is 0 Å². The van der Waals surface area contributed by atoms with Gasteiger partial charge >= 0.3 is 5.82 Å². The molecule has 1 aromatic heterocycles. The molecule has 2 rings (SSSR count). The van der Waals surface area contributed by atoms with Crippen LogP contribution in [-0.4, -0.2) is 20.3 Å². The third-order valence-corrected chi connectivity index (χ3v) is 3.79. The predicted octanol–water partition coefficient (Wildman–Crippen LogP) is 3.36. The molecular weight excluding hydrogens is 338 g/mol. The Balaban J connectivity index is 2.41. The summed E-state index contributed by atoms with van der Waals surface area (Å²) in [6.07, 6.45) is 0. The van der Waals surface area contributed by atoms with Crippen molar-refractivity contribution < 1.29 is 9.72 Å². The van der Waals surface area contributed by atoms with Gasteiger partial charge in [0.15, 0.2) is 12.4 Å². The molecule has 1 aromatic carbocycles. The van der Waals surface area contributed by atoms with E-state index in [0.29, 0.717) is 11.4 Å². The van der Waals surface area contributed by atoms with Crippen LogP contribution in [0.5, 0.6) is 0 Å². The average molecular weight is 352 g/mol. The number of carbonyl (C=O) groups is 1. The van der Waals surface area contributed by atoms with E-state index in [1.54, 1.807) is 13.0 Å². The highest BCUT2D eigenvalue weighted by atomic mass is 79.9. The van der Waals surface area contributed by atoms with Crippen molar-refractivity contribution in [2.45, 2.75) is 27.3 Å². The number of halogens is 1. The topological polar surface area (TPSA) is 78.0 Å². The van der Waals surface area contributed by atoms with Gasteiger partial charge in [0.2, 0.25) is 10.4 Å². The van der Waals surface area contributed by atoms with Crippen LogP contribution in [0, 0.1) is 30.9 Å². The smallest absolute Gasteiger partial charge is 0.357 e. The number of nitrogens with zero attached hydrogens (tertiary/aromatic N) is 3. The first kappa shape index (κ1) is 15.4. The molecule has 0 N–H and O–H groups in total. The molecule has 0 fully saturated rings. The molecule has 0 saturated carbocycles. The van der Waals surface area contributed by atoms with E-state index < -0.39 is 4.92 Å². The Kier molecular flexibility index (Phi) is 4.22. The van der Waals surface area contributed by atoms with E-state index in [9.17, 15) is 14.9 Å². The number of rotatable bonds is 4. The Labute approximate surface area is 130 Å². The van der Waals surface area contributed by atoms with Gasteiger partial charge in [-0.05, 0) is 46.3 Å². The fourth-order valence-electron chi connectivity index (χ4n) is 2.15. The van der Waals surface area contributed by atoms with Crippen molar-refractivity contribution in [2.24, 2.45) is 0 Å². The number of benzene rings is 1. The number of imidazole rings is 1. The molecule has 1 heterocycles. The molecule has 0 spiro atoms. The summed E-state index contributed by atoms with van der Waals surface area (Å²) in [4.78, 5) is 27.0. The van der Waals surface area contributed by atoms with Crippen LogP contribution < -0.4 is 0 Å². The SMILES string of the molecule is Cc1ccc(C)c(C(=O)Cn2c(C)nc(Br)c2[N+](=O)[O-])c1. The molecule has 0 aliphatic heterocycles. The summed E-state index contributed by atoms with van der Waals surface area (Å²) < 4.78 is 1.45. The molecule has 2 aromatic rings. The second-order valence-electron chi connectivity index (χ2n) is 4.86. The summed E-state index contributed by atoms with van der Waals surface area (Å²) in [6.45, 7) is 5.27. The lowest BCUT2D eigenvalue weighted by Gasteiger charge is -2.06. The third kappa shape index (κ3) is 3.02. The standard InChI is InChI=1S/C14H14BrN3O3/c1-8-4-5-9(2)11(6-8)12(19)7-17-10(3)16-13(15)14(17)18(20)21/h4-6H,7H2,1-3H3. The predicted molar refractivity (Wildman–Crippen MR) is 81.6 cm³/mol. The van der Waals surface area contributed by atoms with Crippen LogP contribution in [0.25, 0.3) is 0 Å². The van der Waals surface area contributed by atoms with E-state index >= 15 is 0 Å². The Morgan fingerprint density at radius 1 is 1.38 bits per heavy atom. The van der Waals surface area contributed by atoms with E-state index in [0.717, 1.165) is 11.1 Å². The first-order valence-corrected chi connectivity index (χ1v) is 7.08. The number of Topliss-reactive ketones (excluding diaryl/α,β-unsaturated/α-hetero) is 1. The zero-order chi connectivity index (χ0) is 15.7. The molecule has 0 saturated heterocycles. The Bertz CT molecular complexity index is 737. The Morgan fingerprint density at radius 2 is 2.05 bits per heavy atom. The number of aryl methyl sites for hydroxylation is 3. The van der Waals surface area contributed by atoms with Crippen LogP contribution in [0.3, 0.4) is 0 Å². The Morgan fingerprint density at radius 3 is 2.67 bits per heavy atom. The van der Waals surface area contributed by atoms with Crippen LogP contribution in [0.15, 0.2) is 22.8 Å². The maximum absolute atomic E-state index is 12.4. The lowest BCUT2D eigenvalue weighted by atomic mass is 10.0. The Hall–Kier alpha value is -2.02. The van der Waals surface area contributed by atoms with Crippen molar-refractivity contribution in [3.05, 3.63) is 55.4 Å². The lowest BCUT2D eigenvalue weighted by molar-refractivity contribution is -0.392. The van der Waals surface area contributed by atoms with Gasteiger partial charge in [0, 0.05) is 12.5 Å². The molecule has 0 aliphatic carbocycles. The van der Waals surface area contributed by atoms with E-state index in [1.807, 2.05) is 26.0 Å². The molecule has 0 radical (unpaired) electrons. The largest absolute Gasteiger partial charge is 0.358 e. The summed E-state index contributed by atoms with van der Waals surface area (Å²) in [5.41, 5.74) is 2.40. The minimum atomic E-state index is -0.541. The maximum atomic E-state index is 12.4. The van der Waals surface area contributed by atoms with Crippen LogP contribution >= 0.6 is 15.9 Å². The van der Waals surface area contributed by atoms with Crippen molar-refractivity contribution in [3.63, 3.8) is 0 Å². The van der Waals surface area contributed by atoms with Gasteiger partial charge in [0.25, 0.3) is 0 Å². The zero-order valence-electron chi connectivity index (χ0n) is 11.9. The first-order chi connectivity index (χ1) is 9.81. The molecule has 0 bridgehead atoms. The molecule has 0 unspecified atom stereocenters. The van der Waals surface area contributed by atoms with Gasteiger partial charge < -0.3 is 10.1 Å².